The summed E-state index contributed by atoms with van der Waals surface area (Å²) >= 11 is 1.39. The summed E-state index contributed by atoms with van der Waals surface area (Å²) in [6, 6.07) is 11.1. The Balaban J connectivity index is 1.65. The Bertz CT molecular complexity index is 1200. The van der Waals surface area contributed by atoms with Gasteiger partial charge >= 0.3 is 0 Å². The molecule has 0 unspecified atom stereocenters. The number of benzene rings is 2. The number of nitrogens with zero attached hydrogens (tertiary/aromatic N) is 2. The molecule has 1 aliphatic heterocycles. The summed E-state index contributed by atoms with van der Waals surface area (Å²) in [6.07, 6.45) is 8.60. The average molecular weight is 392 g/mol. The molecule has 0 spiro atoms. The highest BCUT2D eigenvalue weighted by Gasteiger charge is 2.12. The lowest BCUT2D eigenvalue weighted by molar-refractivity contribution is -0.113. The van der Waals surface area contributed by atoms with Crippen molar-refractivity contribution >= 4 is 33.5 Å². The predicted octanol–water partition coefficient (Wildman–Crippen LogP) is 3.21. The van der Waals surface area contributed by atoms with E-state index in [2.05, 4.69) is 10.9 Å². The standard InChI is InChI=1S/C21H16N2O4S/c1-3-10-23-16-7-6-15(25-2)12-19(16)28-21(23)22-20(24)9-5-14-4-8-17-18(11-14)27-13-26-17/h1,4-9,11-12H,10,13H2,2H3. The molecular weight excluding hydrogens is 376 g/mol. The van der Waals surface area contributed by atoms with Crippen LogP contribution in [0.1, 0.15) is 5.56 Å². The van der Waals surface area contributed by atoms with Gasteiger partial charge in [0.2, 0.25) is 6.79 Å². The van der Waals surface area contributed by atoms with E-state index in [-0.39, 0.29) is 12.7 Å². The van der Waals surface area contributed by atoms with Crippen LogP contribution in [-0.2, 0) is 11.3 Å². The number of hydrogen-bond donors (Lipinski definition) is 0. The molecule has 140 valence electrons. The molecule has 0 saturated heterocycles. The zero-order chi connectivity index (χ0) is 19.5. The molecule has 0 fully saturated rings. The van der Waals surface area contributed by atoms with Gasteiger partial charge in [0.25, 0.3) is 5.91 Å². The third kappa shape index (κ3) is 3.50. The highest BCUT2D eigenvalue weighted by atomic mass is 32.1. The lowest BCUT2D eigenvalue weighted by atomic mass is 10.2. The van der Waals surface area contributed by atoms with Gasteiger partial charge in [-0.25, -0.2) is 0 Å². The highest BCUT2D eigenvalue weighted by Crippen LogP contribution is 2.32. The fourth-order valence-electron chi connectivity index (χ4n) is 2.83. The second-order valence-corrected chi connectivity index (χ2v) is 6.91. The molecule has 0 aliphatic carbocycles. The Morgan fingerprint density at radius 1 is 1.32 bits per heavy atom. The van der Waals surface area contributed by atoms with E-state index in [1.54, 1.807) is 13.2 Å². The van der Waals surface area contributed by atoms with Crippen molar-refractivity contribution in [2.75, 3.05) is 13.9 Å². The summed E-state index contributed by atoms with van der Waals surface area (Å²) in [6.45, 7) is 0.535. The van der Waals surface area contributed by atoms with Crippen molar-refractivity contribution < 1.29 is 19.0 Å². The molecule has 28 heavy (non-hydrogen) atoms. The first kappa shape index (κ1) is 17.9. The van der Waals surface area contributed by atoms with Gasteiger partial charge in [0.05, 0.1) is 23.9 Å². The molecule has 2 heterocycles. The van der Waals surface area contributed by atoms with Gasteiger partial charge in [-0.1, -0.05) is 23.3 Å². The molecule has 0 saturated carbocycles. The Kier molecular flexibility index (Phi) is 4.87. The Hall–Kier alpha value is -3.50. The van der Waals surface area contributed by atoms with E-state index in [4.69, 9.17) is 20.6 Å². The maximum atomic E-state index is 12.4. The molecule has 1 aliphatic rings. The lowest BCUT2D eigenvalue weighted by Gasteiger charge is -2.01. The van der Waals surface area contributed by atoms with Gasteiger partial charge in [0.1, 0.15) is 5.75 Å². The Morgan fingerprint density at radius 2 is 2.18 bits per heavy atom. The molecule has 1 amide bonds. The number of fused-ring (bicyclic) bond motifs is 2. The van der Waals surface area contributed by atoms with Crippen LogP contribution >= 0.6 is 11.3 Å². The van der Waals surface area contributed by atoms with Gasteiger partial charge in [-0.05, 0) is 42.0 Å². The van der Waals surface area contributed by atoms with Gasteiger partial charge in [-0.15, -0.1) is 6.42 Å². The first-order valence-corrected chi connectivity index (χ1v) is 9.27. The number of carbonyl (C=O) groups is 1. The van der Waals surface area contributed by atoms with Gasteiger partial charge in [-0.3, -0.25) is 4.79 Å². The number of methoxy groups -OCH3 is 1. The van der Waals surface area contributed by atoms with Crippen molar-refractivity contribution in [3.63, 3.8) is 0 Å². The summed E-state index contributed by atoms with van der Waals surface area (Å²) in [4.78, 5) is 17.1. The third-order valence-electron chi connectivity index (χ3n) is 4.16. The molecule has 3 aromatic rings. The van der Waals surface area contributed by atoms with E-state index in [1.807, 2.05) is 41.0 Å². The second-order valence-electron chi connectivity index (χ2n) is 5.90. The van der Waals surface area contributed by atoms with Crippen LogP contribution in [0.4, 0.5) is 0 Å². The van der Waals surface area contributed by atoms with Gasteiger partial charge in [0.15, 0.2) is 16.3 Å². The Morgan fingerprint density at radius 3 is 3.00 bits per heavy atom. The van der Waals surface area contributed by atoms with Crippen LogP contribution in [0.15, 0.2) is 47.5 Å². The molecular formula is C21H16N2O4S. The third-order valence-corrected chi connectivity index (χ3v) is 5.20. The first-order chi connectivity index (χ1) is 13.7. The molecule has 0 bridgehead atoms. The quantitative estimate of drug-likeness (QED) is 0.505. The second kappa shape index (κ2) is 7.62. The van der Waals surface area contributed by atoms with E-state index in [0.29, 0.717) is 22.8 Å². The number of aromatic nitrogens is 1. The first-order valence-electron chi connectivity index (χ1n) is 8.45. The van der Waals surface area contributed by atoms with Crippen molar-refractivity contribution in [2.45, 2.75) is 6.54 Å². The summed E-state index contributed by atoms with van der Waals surface area (Å²) in [5, 5.41) is 0. The van der Waals surface area contributed by atoms with Crippen LogP contribution in [0.2, 0.25) is 0 Å². The van der Waals surface area contributed by atoms with E-state index in [0.717, 1.165) is 21.5 Å². The van der Waals surface area contributed by atoms with Gasteiger partial charge < -0.3 is 18.8 Å². The van der Waals surface area contributed by atoms with E-state index < -0.39 is 0 Å². The van der Waals surface area contributed by atoms with Crippen LogP contribution in [-0.4, -0.2) is 24.4 Å². The number of ether oxygens (including phenoxy) is 3. The molecule has 0 N–H and O–H groups in total. The zero-order valence-corrected chi connectivity index (χ0v) is 15.9. The van der Waals surface area contributed by atoms with E-state index in [1.165, 1.54) is 17.4 Å². The summed E-state index contributed by atoms with van der Waals surface area (Å²) < 4.78 is 18.7. The topological polar surface area (TPSA) is 62.1 Å². The van der Waals surface area contributed by atoms with Crippen molar-refractivity contribution in [1.29, 1.82) is 0 Å². The van der Waals surface area contributed by atoms with E-state index >= 15 is 0 Å². The zero-order valence-electron chi connectivity index (χ0n) is 15.0. The van der Waals surface area contributed by atoms with Crippen molar-refractivity contribution in [2.24, 2.45) is 4.99 Å². The largest absolute Gasteiger partial charge is 0.497 e. The predicted molar refractivity (Wildman–Crippen MR) is 107 cm³/mol. The molecule has 1 aromatic heterocycles. The molecule has 4 rings (SSSR count). The van der Waals surface area contributed by atoms with Crippen molar-refractivity contribution in [3.8, 4) is 29.6 Å². The normalized spacial score (nSPS) is 13.2. The maximum absolute atomic E-state index is 12.4. The number of thiazole rings is 1. The number of hydrogen-bond acceptors (Lipinski definition) is 5. The summed E-state index contributed by atoms with van der Waals surface area (Å²) in [5.41, 5.74) is 1.74. The number of amides is 1. The number of carbonyl (C=O) groups excluding carboxylic acids is 1. The van der Waals surface area contributed by atoms with Gasteiger partial charge in [0, 0.05) is 6.08 Å². The minimum absolute atomic E-state index is 0.211. The molecule has 0 atom stereocenters. The van der Waals surface area contributed by atoms with Crippen LogP contribution in [0.25, 0.3) is 16.3 Å². The number of rotatable bonds is 4. The van der Waals surface area contributed by atoms with Crippen LogP contribution in [0.5, 0.6) is 17.2 Å². The van der Waals surface area contributed by atoms with Crippen LogP contribution in [0, 0.1) is 12.3 Å². The van der Waals surface area contributed by atoms with E-state index in [9.17, 15) is 4.79 Å². The minimum atomic E-state index is -0.373. The minimum Gasteiger partial charge on any atom is -0.497 e. The summed E-state index contributed by atoms with van der Waals surface area (Å²) in [7, 11) is 1.61. The number of terminal acetylenes is 1. The smallest absolute Gasteiger partial charge is 0.272 e. The fourth-order valence-corrected chi connectivity index (χ4v) is 3.89. The lowest BCUT2D eigenvalue weighted by Crippen LogP contribution is -2.15. The molecule has 0 radical (unpaired) electrons. The molecule has 2 aromatic carbocycles. The monoisotopic (exact) mass is 392 g/mol. The molecule has 7 heteroatoms. The summed E-state index contributed by atoms with van der Waals surface area (Å²) in [5.74, 6) is 4.34. The van der Waals surface area contributed by atoms with Crippen molar-refractivity contribution in [1.82, 2.24) is 4.57 Å². The molecule has 6 nitrogen and oxygen atoms in total. The SMILES string of the molecule is C#CCn1c(=NC(=O)C=Cc2ccc3c(c2)OCO3)sc2cc(OC)ccc21. The van der Waals surface area contributed by atoms with Crippen LogP contribution < -0.4 is 19.0 Å². The Labute approximate surface area is 165 Å². The van der Waals surface area contributed by atoms with Crippen LogP contribution in [0.3, 0.4) is 0 Å². The fraction of sp³-hybridized carbons (Fsp3) is 0.143. The average Bonchev–Trinajstić information content (AvgIpc) is 3.30. The van der Waals surface area contributed by atoms with Crippen molar-refractivity contribution in [3.05, 3.63) is 52.8 Å². The highest BCUT2D eigenvalue weighted by molar-refractivity contribution is 7.16. The maximum Gasteiger partial charge on any atom is 0.272 e. The van der Waals surface area contributed by atoms with Gasteiger partial charge in [-0.2, -0.15) is 4.99 Å².